The molecule has 1 fully saturated rings. The van der Waals surface area contributed by atoms with Crippen LogP contribution in [0.15, 0.2) is 17.4 Å². The number of thioether (sulfide) groups is 1. The SMILES string of the molecule is CC(Sc1n[nH]c(CCC2CCCC2)n1)C(=O)Nc1ccnn1C(C)C. The predicted molar refractivity (Wildman–Crippen MR) is 103 cm³/mol. The van der Waals surface area contributed by atoms with E-state index in [9.17, 15) is 4.79 Å². The number of rotatable bonds is 8. The van der Waals surface area contributed by atoms with Crippen LogP contribution in [-0.4, -0.2) is 36.1 Å². The second-order valence-corrected chi connectivity index (χ2v) is 8.57. The number of nitrogens with one attached hydrogen (secondary N) is 2. The highest BCUT2D eigenvalue weighted by Gasteiger charge is 2.20. The van der Waals surface area contributed by atoms with Crippen molar-refractivity contribution in [2.75, 3.05) is 5.32 Å². The van der Waals surface area contributed by atoms with Gasteiger partial charge in [0.2, 0.25) is 11.1 Å². The standard InChI is InChI=1S/C18H28N6OS/c1-12(2)24-16(10-11-19-24)21-17(25)13(3)26-18-20-15(22-23-18)9-8-14-6-4-5-7-14/h10-14H,4-9H2,1-3H3,(H,21,25)(H,20,22,23). The maximum atomic E-state index is 12.5. The summed E-state index contributed by atoms with van der Waals surface area (Å²) in [6, 6.07) is 2.00. The molecule has 3 rings (SSSR count). The van der Waals surface area contributed by atoms with Crippen molar-refractivity contribution in [3.05, 3.63) is 18.1 Å². The Bertz CT molecular complexity index is 719. The lowest BCUT2D eigenvalue weighted by atomic mass is 10.0. The lowest BCUT2D eigenvalue weighted by molar-refractivity contribution is -0.115. The van der Waals surface area contributed by atoms with Crippen molar-refractivity contribution < 1.29 is 4.79 Å². The summed E-state index contributed by atoms with van der Waals surface area (Å²) in [5, 5.41) is 14.8. The number of amides is 1. The molecule has 0 spiro atoms. The molecule has 0 aromatic carbocycles. The van der Waals surface area contributed by atoms with Gasteiger partial charge in [0.25, 0.3) is 0 Å². The van der Waals surface area contributed by atoms with Crippen LogP contribution < -0.4 is 5.32 Å². The molecule has 1 amide bonds. The van der Waals surface area contributed by atoms with Gasteiger partial charge in [-0.25, -0.2) is 9.67 Å². The summed E-state index contributed by atoms with van der Waals surface area (Å²) >= 11 is 1.37. The van der Waals surface area contributed by atoms with E-state index in [0.717, 1.165) is 18.2 Å². The number of hydrogen-bond acceptors (Lipinski definition) is 5. The van der Waals surface area contributed by atoms with Gasteiger partial charge in [0.05, 0.1) is 11.4 Å². The first-order chi connectivity index (χ1) is 12.5. The quantitative estimate of drug-likeness (QED) is 0.684. The second kappa shape index (κ2) is 8.70. The van der Waals surface area contributed by atoms with Gasteiger partial charge in [0, 0.05) is 18.5 Å². The summed E-state index contributed by atoms with van der Waals surface area (Å²) in [7, 11) is 0. The molecule has 142 valence electrons. The van der Waals surface area contributed by atoms with Gasteiger partial charge in [0.15, 0.2) is 0 Å². The van der Waals surface area contributed by atoms with Crippen molar-refractivity contribution in [2.24, 2.45) is 5.92 Å². The van der Waals surface area contributed by atoms with Crippen molar-refractivity contribution in [2.45, 2.75) is 75.7 Å². The number of carbonyl (C=O) groups excluding carboxylic acids is 1. The molecule has 8 heteroatoms. The molecule has 2 N–H and O–H groups in total. The molecule has 1 saturated carbocycles. The van der Waals surface area contributed by atoms with E-state index < -0.39 is 0 Å². The van der Waals surface area contributed by atoms with Gasteiger partial charge in [-0.05, 0) is 33.1 Å². The first-order valence-electron chi connectivity index (χ1n) is 9.45. The number of nitrogens with zero attached hydrogens (tertiary/aromatic N) is 4. The Labute approximate surface area is 158 Å². The van der Waals surface area contributed by atoms with E-state index in [-0.39, 0.29) is 17.2 Å². The summed E-state index contributed by atoms with van der Waals surface area (Å²) in [6.45, 7) is 5.92. The van der Waals surface area contributed by atoms with Gasteiger partial charge >= 0.3 is 0 Å². The Kier molecular flexibility index (Phi) is 6.34. The highest BCUT2D eigenvalue weighted by molar-refractivity contribution is 8.00. The van der Waals surface area contributed by atoms with Crippen LogP contribution in [0.2, 0.25) is 0 Å². The first kappa shape index (κ1) is 18.9. The number of aryl methyl sites for hydroxylation is 1. The largest absolute Gasteiger partial charge is 0.310 e. The topological polar surface area (TPSA) is 88.5 Å². The summed E-state index contributed by atoms with van der Waals surface area (Å²) < 4.78 is 1.79. The summed E-state index contributed by atoms with van der Waals surface area (Å²) in [5.74, 6) is 2.40. The molecule has 26 heavy (non-hydrogen) atoms. The van der Waals surface area contributed by atoms with E-state index in [1.807, 2.05) is 26.8 Å². The van der Waals surface area contributed by atoms with Gasteiger partial charge in [-0.3, -0.25) is 9.89 Å². The molecule has 7 nitrogen and oxygen atoms in total. The van der Waals surface area contributed by atoms with Crippen molar-refractivity contribution in [3.8, 4) is 0 Å². The molecule has 2 aromatic heterocycles. The minimum Gasteiger partial charge on any atom is -0.310 e. The smallest absolute Gasteiger partial charge is 0.238 e. The number of anilines is 1. The van der Waals surface area contributed by atoms with Crippen LogP contribution in [0, 0.1) is 5.92 Å². The number of carbonyl (C=O) groups is 1. The van der Waals surface area contributed by atoms with Gasteiger partial charge in [-0.15, -0.1) is 5.10 Å². The van der Waals surface area contributed by atoms with E-state index in [4.69, 9.17) is 0 Å². The summed E-state index contributed by atoms with van der Waals surface area (Å²) in [5.41, 5.74) is 0. The first-order valence-corrected chi connectivity index (χ1v) is 10.3. The lowest BCUT2D eigenvalue weighted by Crippen LogP contribution is -2.24. The van der Waals surface area contributed by atoms with Gasteiger partial charge in [0.1, 0.15) is 11.6 Å². The van der Waals surface area contributed by atoms with Gasteiger partial charge in [-0.1, -0.05) is 37.4 Å². The lowest BCUT2D eigenvalue weighted by Gasteiger charge is -2.14. The van der Waals surface area contributed by atoms with Gasteiger partial charge < -0.3 is 5.32 Å². The molecule has 0 aliphatic heterocycles. The molecule has 0 saturated heterocycles. The Morgan fingerprint density at radius 3 is 2.88 bits per heavy atom. The van der Waals surface area contributed by atoms with E-state index in [1.165, 1.54) is 43.9 Å². The van der Waals surface area contributed by atoms with Crippen LogP contribution in [0.1, 0.15) is 64.7 Å². The van der Waals surface area contributed by atoms with E-state index >= 15 is 0 Å². The van der Waals surface area contributed by atoms with Gasteiger partial charge in [-0.2, -0.15) is 5.10 Å². The van der Waals surface area contributed by atoms with Crippen molar-refractivity contribution in [1.29, 1.82) is 0 Å². The Hall–Kier alpha value is -1.83. The third kappa shape index (κ3) is 4.87. The van der Waals surface area contributed by atoms with E-state index in [2.05, 4.69) is 25.6 Å². The number of H-pyrrole nitrogens is 1. The molecule has 1 unspecified atom stereocenters. The molecular formula is C18H28N6OS. The second-order valence-electron chi connectivity index (χ2n) is 7.26. The number of aromatic amines is 1. The molecule has 1 atom stereocenters. The monoisotopic (exact) mass is 376 g/mol. The van der Waals surface area contributed by atoms with Crippen LogP contribution in [0.25, 0.3) is 0 Å². The zero-order valence-electron chi connectivity index (χ0n) is 15.7. The zero-order valence-corrected chi connectivity index (χ0v) is 16.6. The Balaban J connectivity index is 1.50. The molecule has 1 aliphatic carbocycles. The maximum Gasteiger partial charge on any atom is 0.238 e. The Morgan fingerprint density at radius 1 is 1.38 bits per heavy atom. The average molecular weight is 377 g/mol. The fourth-order valence-electron chi connectivity index (χ4n) is 3.35. The minimum atomic E-state index is -0.288. The fourth-order valence-corrected chi connectivity index (χ4v) is 4.09. The highest BCUT2D eigenvalue weighted by Crippen LogP contribution is 2.28. The Morgan fingerprint density at radius 2 is 2.15 bits per heavy atom. The molecular weight excluding hydrogens is 348 g/mol. The summed E-state index contributed by atoms with van der Waals surface area (Å²) in [4.78, 5) is 17.0. The molecule has 1 aliphatic rings. The van der Waals surface area contributed by atoms with Crippen molar-refractivity contribution in [3.63, 3.8) is 0 Å². The van der Waals surface area contributed by atoms with Crippen molar-refractivity contribution in [1.82, 2.24) is 25.0 Å². The molecule has 2 aromatic rings. The van der Waals surface area contributed by atoms with Crippen molar-refractivity contribution >= 4 is 23.5 Å². The molecule has 0 bridgehead atoms. The number of aromatic nitrogens is 5. The fraction of sp³-hybridized carbons (Fsp3) is 0.667. The van der Waals surface area contributed by atoms with Crippen LogP contribution in [0.5, 0.6) is 0 Å². The summed E-state index contributed by atoms with van der Waals surface area (Å²) in [6.07, 6.45) is 9.23. The molecule has 0 radical (unpaired) electrons. The maximum absolute atomic E-state index is 12.5. The zero-order chi connectivity index (χ0) is 18.5. The normalized spacial score (nSPS) is 16.3. The van der Waals surface area contributed by atoms with Crippen LogP contribution in [0.3, 0.4) is 0 Å². The molecule has 2 heterocycles. The van der Waals surface area contributed by atoms with E-state index in [0.29, 0.717) is 11.0 Å². The van der Waals surface area contributed by atoms with E-state index in [1.54, 1.807) is 10.9 Å². The van der Waals surface area contributed by atoms with Crippen LogP contribution in [0.4, 0.5) is 5.82 Å². The van der Waals surface area contributed by atoms with Crippen LogP contribution in [-0.2, 0) is 11.2 Å². The third-order valence-corrected chi connectivity index (χ3v) is 5.80. The predicted octanol–water partition coefficient (Wildman–Crippen LogP) is 3.82. The average Bonchev–Trinajstić information content (AvgIpc) is 3.34. The minimum absolute atomic E-state index is 0.0743. The number of hydrogen-bond donors (Lipinski definition) is 2. The highest BCUT2D eigenvalue weighted by atomic mass is 32.2. The van der Waals surface area contributed by atoms with Crippen LogP contribution >= 0.6 is 11.8 Å². The third-order valence-electron chi connectivity index (χ3n) is 4.84.